The fourth-order valence-electron chi connectivity index (χ4n) is 3.67. The Morgan fingerprint density at radius 2 is 2.07 bits per heavy atom. The average molecular weight is 419 g/mol. The summed E-state index contributed by atoms with van der Waals surface area (Å²) in [4.78, 5) is 12.5. The zero-order chi connectivity index (χ0) is 20.1. The molecule has 7 heteroatoms. The van der Waals surface area contributed by atoms with Gasteiger partial charge in [-0.15, -0.1) is 16.8 Å². The summed E-state index contributed by atoms with van der Waals surface area (Å²) in [5, 5.41) is 13.2. The fourth-order valence-corrected chi connectivity index (χ4v) is 4.55. The number of rotatable bonds is 7. The highest BCUT2D eigenvalue weighted by atomic mass is 35.5. The van der Waals surface area contributed by atoms with Crippen molar-refractivity contribution in [3.8, 4) is 11.4 Å². The molecule has 0 radical (unpaired) electrons. The Hall–Kier alpha value is -1.79. The second-order valence-electron chi connectivity index (χ2n) is 7.44. The Bertz CT molecular complexity index is 820. The molecule has 3 rings (SSSR count). The first-order chi connectivity index (χ1) is 13.5. The normalized spacial score (nSPS) is 22.0. The molecule has 1 aromatic heterocycles. The number of hydrogen-bond donors (Lipinski definition) is 1. The molecule has 2 aromatic rings. The molecule has 28 heavy (non-hydrogen) atoms. The molecule has 1 heterocycles. The van der Waals surface area contributed by atoms with Gasteiger partial charge < -0.3 is 5.32 Å². The van der Waals surface area contributed by atoms with E-state index in [4.69, 9.17) is 11.6 Å². The number of halogens is 1. The van der Waals surface area contributed by atoms with E-state index in [9.17, 15) is 4.79 Å². The van der Waals surface area contributed by atoms with Crippen LogP contribution in [0.1, 0.15) is 33.1 Å². The Kier molecular flexibility index (Phi) is 7.18. The summed E-state index contributed by atoms with van der Waals surface area (Å²) in [6.45, 7) is 8.91. The standard InChI is InChI=1S/C21H27ClN4OS/c1-4-12-26-20(16-8-10-17(22)11-9-16)24-25-21(26)28-13-19(27)23-18-7-5-6-14(2)15(18)3/h4,8-11,14-15,18H,1,5-7,12-13H2,2-3H3,(H,23,27)/t14-,15+,18+/m0/s1. The van der Waals surface area contributed by atoms with Gasteiger partial charge in [-0.1, -0.05) is 56.1 Å². The smallest absolute Gasteiger partial charge is 0.230 e. The maximum atomic E-state index is 12.5. The first-order valence-corrected chi connectivity index (χ1v) is 11.1. The van der Waals surface area contributed by atoms with Crippen molar-refractivity contribution in [3.63, 3.8) is 0 Å². The Morgan fingerprint density at radius 3 is 2.79 bits per heavy atom. The minimum Gasteiger partial charge on any atom is -0.352 e. The summed E-state index contributed by atoms with van der Waals surface area (Å²) < 4.78 is 1.97. The minimum absolute atomic E-state index is 0.0529. The molecular weight excluding hydrogens is 392 g/mol. The average Bonchev–Trinajstić information content (AvgIpc) is 3.07. The quantitative estimate of drug-likeness (QED) is 0.517. The van der Waals surface area contributed by atoms with Crippen molar-refractivity contribution < 1.29 is 4.79 Å². The summed E-state index contributed by atoms with van der Waals surface area (Å²) in [5.41, 5.74) is 0.931. The molecule has 3 atom stereocenters. The first-order valence-electron chi connectivity index (χ1n) is 9.71. The molecule has 0 aliphatic heterocycles. The molecule has 0 unspecified atom stereocenters. The molecule has 0 spiro atoms. The summed E-state index contributed by atoms with van der Waals surface area (Å²) in [7, 11) is 0. The minimum atomic E-state index is 0.0529. The summed E-state index contributed by atoms with van der Waals surface area (Å²) in [5.74, 6) is 2.30. The van der Waals surface area contributed by atoms with Crippen LogP contribution in [0.5, 0.6) is 0 Å². The van der Waals surface area contributed by atoms with Crippen molar-refractivity contribution in [1.29, 1.82) is 0 Å². The van der Waals surface area contributed by atoms with Gasteiger partial charge in [0.2, 0.25) is 5.91 Å². The molecule has 0 bridgehead atoms. The molecule has 1 N–H and O–H groups in total. The van der Waals surface area contributed by atoms with Crippen LogP contribution >= 0.6 is 23.4 Å². The third-order valence-corrected chi connectivity index (χ3v) is 6.74. The van der Waals surface area contributed by atoms with Crippen molar-refractivity contribution in [2.45, 2.75) is 50.9 Å². The van der Waals surface area contributed by atoms with E-state index in [1.807, 2.05) is 28.8 Å². The monoisotopic (exact) mass is 418 g/mol. The molecule has 0 saturated heterocycles. The van der Waals surface area contributed by atoms with E-state index >= 15 is 0 Å². The fraction of sp³-hybridized carbons (Fsp3) is 0.476. The van der Waals surface area contributed by atoms with Gasteiger partial charge in [-0.2, -0.15) is 0 Å². The van der Waals surface area contributed by atoms with Crippen molar-refractivity contribution in [3.05, 3.63) is 41.9 Å². The maximum Gasteiger partial charge on any atom is 0.230 e. The lowest BCUT2D eigenvalue weighted by Crippen LogP contribution is -2.44. The van der Waals surface area contributed by atoms with E-state index in [0.717, 1.165) is 17.8 Å². The summed E-state index contributed by atoms with van der Waals surface area (Å²) in [6, 6.07) is 7.76. The number of nitrogens with zero attached hydrogens (tertiary/aromatic N) is 3. The topological polar surface area (TPSA) is 59.8 Å². The van der Waals surface area contributed by atoms with Gasteiger partial charge in [-0.25, -0.2) is 0 Å². The van der Waals surface area contributed by atoms with Crippen molar-refractivity contribution >= 4 is 29.3 Å². The lowest BCUT2D eigenvalue weighted by molar-refractivity contribution is -0.120. The van der Waals surface area contributed by atoms with Crippen LogP contribution < -0.4 is 5.32 Å². The Morgan fingerprint density at radius 1 is 1.32 bits per heavy atom. The number of hydrogen-bond acceptors (Lipinski definition) is 4. The number of amides is 1. The van der Waals surface area contributed by atoms with Crippen molar-refractivity contribution in [2.24, 2.45) is 11.8 Å². The number of benzene rings is 1. The van der Waals surface area contributed by atoms with Crippen LogP contribution in [-0.4, -0.2) is 32.5 Å². The number of thioether (sulfide) groups is 1. The summed E-state index contributed by atoms with van der Waals surface area (Å²) in [6.07, 6.45) is 5.30. The molecule has 5 nitrogen and oxygen atoms in total. The maximum absolute atomic E-state index is 12.5. The van der Waals surface area contributed by atoms with Gasteiger partial charge in [-0.05, 0) is 42.5 Å². The van der Waals surface area contributed by atoms with E-state index in [1.54, 1.807) is 6.08 Å². The molecule has 1 amide bonds. The zero-order valence-electron chi connectivity index (χ0n) is 16.4. The number of allylic oxidation sites excluding steroid dienone is 1. The van der Waals surface area contributed by atoms with Crippen LogP contribution in [0.2, 0.25) is 5.02 Å². The van der Waals surface area contributed by atoms with Crippen LogP contribution in [0.15, 0.2) is 42.1 Å². The molecule has 1 fully saturated rings. The van der Waals surface area contributed by atoms with Crippen molar-refractivity contribution in [1.82, 2.24) is 20.1 Å². The van der Waals surface area contributed by atoms with E-state index in [2.05, 4.69) is 35.9 Å². The van der Waals surface area contributed by atoms with Gasteiger partial charge in [0.25, 0.3) is 0 Å². The van der Waals surface area contributed by atoms with Crippen LogP contribution in [0.3, 0.4) is 0 Å². The third kappa shape index (κ3) is 4.97. The van der Waals surface area contributed by atoms with Crippen LogP contribution in [0.25, 0.3) is 11.4 Å². The van der Waals surface area contributed by atoms with Crippen LogP contribution in [0, 0.1) is 11.8 Å². The number of aromatic nitrogens is 3. The predicted molar refractivity (Wildman–Crippen MR) is 115 cm³/mol. The van der Waals surface area contributed by atoms with Crippen molar-refractivity contribution in [2.75, 3.05) is 5.75 Å². The van der Waals surface area contributed by atoms with E-state index in [-0.39, 0.29) is 11.9 Å². The Balaban J connectivity index is 1.66. The van der Waals surface area contributed by atoms with Gasteiger partial charge in [-0.3, -0.25) is 9.36 Å². The first kappa shape index (κ1) is 20.9. The number of carbonyl (C=O) groups excluding carboxylic acids is 1. The zero-order valence-corrected chi connectivity index (χ0v) is 18.0. The van der Waals surface area contributed by atoms with Gasteiger partial charge in [0.15, 0.2) is 11.0 Å². The molecule has 1 aliphatic carbocycles. The molecule has 1 saturated carbocycles. The van der Waals surface area contributed by atoms with Gasteiger partial charge >= 0.3 is 0 Å². The Labute approximate surface area is 176 Å². The van der Waals surface area contributed by atoms with E-state index < -0.39 is 0 Å². The highest BCUT2D eigenvalue weighted by Gasteiger charge is 2.28. The highest BCUT2D eigenvalue weighted by molar-refractivity contribution is 7.99. The summed E-state index contributed by atoms with van der Waals surface area (Å²) >= 11 is 7.39. The van der Waals surface area contributed by atoms with Gasteiger partial charge in [0.05, 0.1) is 5.75 Å². The lowest BCUT2D eigenvalue weighted by atomic mass is 9.78. The molecule has 1 aliphatic rings. The predicted octanol–water partition coefficient (Wildman–Crippen LogP) is 4.82. The molecule has 1 aromatic carbocycles. The number of carbonyl (C=O) groups is 1. The lowest BCUT2D eigenvalue weighted by Gasteiger charge is -2.34. The van der Waals surface area contributed by atoms with Crippen LogP contribution in [0.4, 0.5) is 0 Å². The molecule has 150 valence electrons. The largest absolute Gasteiger partial charge is 0.352 e. The number of nitrogens with one attached hydrogen (secondary N) is 1. The van der Waals surface area contributed by atoms with E-state index in [0.29, 0.717) is 34.3 Å². The molecular formula is C21H27ClN4OS. The second kappa shape index (κ2) is 9.61. The second-order valence-corrected chi connectivity index (χ2v) is 8.82. The highest BCUT2D eigenvalue weighted by Crippen LogP contribution is 2.30. The van der Waals surface area contributed by atoms with E-state index in [1.165, 1.54) is 24.6 Å². The van der Waals surface area contributed by atoms with Gasteiger partial charge in [0.1, 0.15) is 0 Å². The van der Waals surface area contributed by atoms with Gasteiger partial charge in [0, 0.05) is 23.2 Å². The SMILES string of the molecule is C=CCn1c(SCC(=O)N[C@@H]2CCC[C@H](C)[C@H]2C)nnc1-c1ccc(Cl)cc1. The third-order valence-electron chi connectivity index (χ3n) is 5.52. The van der Waals surface area contributed by atoms with Crippen LogP contribution in [-0.2, 0) is 11.3 Å².